The Bertz CT molecular complexity index is 1310. The molecule has 0 amide bonds. The number of pyridine rings is 1. The molecule has 2 heterocycles. The fourth-order valence-corrected chi connectivity index (χ4v) is 4.23. The number of benzene rings is 1. The van der Waals surface area contributed by atoms with Gasteiger partial charge in [-0.15, -0.1) is 5.10 Å². The SMILES string of the molecule is CC(C)(C)OC(=O)C(C)(C)COc1ccc(-c2ccc(-c3nc(C(F)(F)F)n(COCC[Si](C)(C)C)n3)cc2)cn1. The van der Waals surface area contributed by atoms with Crippen LogP contribution < -0.4 is 4.74 Å². The highest BCUT2D eigenvalue weighted by Gasteiger charge is 2.38. The molecule has 0 aliphatic heterocycles. The van der Waals surface area contributed by atoms with E-state index in [1.54, 1.807) is 50.4 Å². The van der Waals surface area contributed by atoms with Gasteiger partial charge in [0.2, 0.25) is 11.7 Å². The number of hydrogen-bond donors (Lipinski definition) is 0. The van der Waals surface area contributed by atoms with Crippen LogP contribution in [0.1, 0.15) is 40.4 Å². The lowest BCUT2D eigenvalue weighted by Crippen LogP contribution is -2.37. The number of carbonyl (C=O) groups is 1. The molecule has 12 heteroatoms. The fourth-order valence-electron chi connectivity index (χ4n) is 3.47. The van der Waals surface area contributed by atoms with Crippen LogP contribution in [0.5, 0.6) is 5.88 Å². The number of nitrogens with zero attached hydrogens (tertiary/aromatic N) is 4. The Morgan fingerprint density at radius 2 is 1.54 bits per heavy atom. The van der Waals surface area contributed by atoms with Gasteiger partial charge in [0, 0.05) is 38.1 Å². The van der Waals surface area contributed by atoms with Gasteiger partial charge in [-0.1, -0.05) is 43.9 Å². The Hall–Kier alpha value is -3.25. The number of halogens is 3. The van der Waals surface area contributed by atoms with Crippen molar-refractivity contribution in [3.63, 3.8) is 0 Å². The Kier molecular flexibility index (Phi) is 9.69. The number of esters is 1. The molecule has 0 spiro atoms. The maximum absolute atomic E-state index is 13.6. The van der Waals surface area contributed by atoms with Crippen molar-refractivity contribution in [2.45, 2.75) is 78.8 Å². The van der Waals surface area contributed by atoms with Crippen LogP contribution in [-0.2, 0) is 27.2 Å². The predicted octanol–water partition coefficient (Wildman–Crippen LogP) is 7.08. The Morgan fingerprint density at radius 3 is 2.07 bits per heavy atom. The van der Waals surface area contributed by atoms with Crippen LogP contribution in [0.25, 0.3) is 22.5 Å². The van der Waals surface area contributed by atoms with E-state index < -0.39 is 31.1 Å². The molecule has 41 heavy (non-hydrogen) atoms. The lowest BCUT2D eigenvalue weighted by molar-refractivity contribution is -0.167. The van der Waals surface area contributed by atoms with E-state index in [1.165, 1.54) is 0 Å². The van der Waals surface area contributed by atoms with Crippen molar-refractivity contribution in [2.24, 2.45) is 5.41 Å². The molecule has 0 fully saturated rings. The average Bonchev–Trinajstić information content (AvgIpc) is 3.29. The first-order valence-corrected chi connectivity index (χ1v) is 17.1. The van der Waals surface area contributed by atoms with E-state index in [4.69, 9.17) is 14.2 Å². The van der Waals surface area contributed by atoms with Crippen molar-refractivity contribution >= 4 is 14.0 Å². The van der Waals surface area contributed by atoms with Crippen LogP contribution in [0.2, 0.25) is 25.7 Å². The first kappa shape index (κ1) is 32.3. The Balaban J connectivity index is 1.67. The minimum Gasteiger partial charge on any atom is -0.476 e. The molecule has 0 atom stereocenters. The summed E-state index contributed by atoms with van der Waals surface area (Å²) in [6.45, 7) is 15.6. The van der Waals surface area contributed by atoms with Gasteiger partial charge in [0.05, 0.1) is 5.41 Å². The van der Waals surface area contributed by atoms with E-state index in [0.717, 1.165) is 21.9 Å². The molecule has 8 nitrogen and oxygen atoms in total. The quantitative estimate of drug-likeness (QED) is 0.133. The van der Waals surface area contributed by atoms with Crippen LogP contribution in [0.4, 0.5) is 13.2 Å². The largest absolute Gasteiger partial charge is 0.476 e. The standard InChI is InChI=1S/C29H39F3N4O4Si/c1-27(2,3)40-26(37)28(4,5)18-39-23-14-13-22(17-33-23)20-9-11-21(12-10-20)24-34-25(29(30,31)32)36(35-24)19-38-15-16-41(6,7)8/h9-14,17H,15-16,18-19H2,1-8H3. The molecule has 1 aromatic carbocycles. The molecule has 3 rings (SSSR count). The van der Waals surface area contributed by atoms with Crippen molar-refractivity contribution in [1.82, 2.24) is 19.7 Å². The van der Waals surface area contributed by atoms with Gasteiger partial charge in [-0.05, 0) is 52.3 Å². The molecule has 0 radical (unpaired) electrons. The van der Waals surface area contributed by atoms with Crippen LogP contribution >= 0.6 is 0 Å². The molecule has 0 saturated carbocycles. The summed E-state index contributed by atoms with van der Waals surface area (Å²) in [5.74, 6) is -1.15. The molecule has 3 aromatic rings. The zero-order valence-corrected chi connectivity index (χ0v) is 25.9. The second kappa shape index (κ2) is 12.3. The van der Waals surface area contributed by atoms with Crippen LogP contribution in [-0.4, -0.2) is 52.6 Å². The summed E-state index contributed by atoms with van der Waals surface area (Å²) in [7, 11) is -1.37. The van der Waals surface area contributed by atoms with Crippen LogP contribution in [0, 0.1) is 5.41 Å². The summed E-state index contributed by atoms with van der Waals surface area (Å²) < 4.78 is 58.3. The van der Waals surface area contributed by atoms with Gasteiger partial charge >= 0.3 is 12.1 Å². The number of ether oxygens (including phenoxy) is 3. The Morgan fingerprint density at radius 1 is 0.927 bits per heavy atom. The zero-order chi connectivity index (χ0) is 30.6. The lowest BCUT2D eigenvalue weighted by atomic mass is 9.94. The highest BCUT2D eigenvalue weighted by molar-refractivity contribution is 6.76. The van der Waals surface area contributed by atoms with Gasteiger partial charge in [-0.3, -0.25) is 4.79 Å². The second-order valence-electron chi connectivity index (χ2n) is 12.7. The van der Waals surface area contributed by atoms with E-state index in [-0.39, 0.29) is 25.1 Å². The first-order chi connectivity index (χ1) is 18.8. The summed E-state index contributed by atoms with van der Waals surface area (Å²) >= 11 is 0. The Labute approximate surface area is 240 Å². The minimum atomic E-state index is -4.66. The minimum absolute atomic E-state index is 0.0350. The highest BCUT2D eigenvalue weighted by Crippen LogP contribution is 2.31. The molecule has 0 aliphatic rings. The maximum atomic E-state index is 13.6. The van der Waals surface area contributed by atoms with Crippen LogP contribution in [0.3, 0.4) is 0 Å². The number of alkyl halides is 3. The molecule has 0 aliphatic carbocycles. The van der Waals surface area contributed by atoms with Gasteiger partial charge < -0.3 is 14.2 Å². The molecule has 2 aromatic heterocycles. The summed E-state index contributed by atoms with van der Waals surface area (Å²) in [5.41, 5.74) is 0.559. The molecular formula is C29H39F3N4O4Si. The number of aromatic nitrogens is 4. The van der Waals surface area contributed by atoms with Gasteiger partial charge in [0.15, 0.2) is 5.82 Å². The maximum Gasteiger partial charge on any atom is 0.451 e. The normalized spacial score (nSPS) is 12.9. The number of rotatable bonds is 11. The zero-order valence-electron chi connectivity index (χ0n) is 24.9. The second-order valence-corrected chi connectivity index (χ2v) is 18.4. The van der Waals surface area contributed by atoms with Crippen molar-refractivity contribution in [3.8, 4) is 28.4 Å². The van der Waals surface area contributed by atoms with Crippen molar-refractivity contribution in [2.75, 3.05) is 13.2 Å². The topological polar surface area (TPSA) is 88.4 Å². The van der Waals surface area contributed by atoms with E-state index in [9.17, 15) is 18.0 Å². The van der Waals surface area contributed by atoms with E-state index in [2.05, 4.69) is 34.7 Å². The smallest absolute Gasteiger partial charge is 0.451 e. The van der Waals surface area contributed by atoms with Crippen molar-refractivity contribution < 1.29 is 32.2 Å². The molecular weight excluding hydrogens is 553 g/mol. The fraction of sp³-hybridized carbons (Fsp3) is 0.517. The molecule has 224 valence electrons. The molecule has 0 N–H and O–H groups in total. The summed E-state index contributed by atoms with van der Waals surface area (Å²) in [6.07, 6.45) is -3.04. The molecule has 0 saturated heterocycles. The summed E-state index contributed by atoms with van der Waals surface area (Å²) in [5, 5.41) is 4.08. The van der Waals surface area contributed by atoms with Crippen LogP contribution in [0.15, 0.2) is 42.6 Å². The van der Waals surface area contributed by atoms with E-state index >= 15 is 0 Å². The van der Waals surface area contributed by atoms with E-state index in [0.29, 0.717) is 18.1 Å². The summed E-state index contributed by atoms with van der Waals surface area (Å²) in [4.78, 5) is 20.5. The molecule has 0 bridgehead atoms. The van der Waals surface area contributed by atoms with Gasteiger partial charge in [-0.2, -0.15) is 13.2 Å². The number of carbonyl (C=O) groups excluding carboxylic acids is 1. The number of hydrogen-bond acceptors (Lipinski definition) is 7. The highest BCUT2D eigenvalue weighted by atomic mass is 28.3. The third-order valence-corrected chi connectivity index (χ3v) is 7.58. The third kappa shape index (κ3) is 9.67. The molecule has 0 unspecified atom stereocenters. The van der Waals surface area contributed by atoms with Crippen molar-refractivity contribution in [1.29, 1.82) is 0 Å². The van der Waals surface area contributed by atoms with Gasteiger partial charge in [0.1, 0.15) is 18.9 Å². The first-order valence-electron chi connectivity index (χ1n) is 13.4. The van der Waals surface area contributed by atoms with E-state index in [1.807, 2.05) is 26.8 Å². The van der Waals surface area contributed by atoms with Gasteiger partial charge in [-0.25, -0.2) is 14.6 Å². The average molecular weight is 593 g/mol. The monoisotopic (exact) mass is 592 g/mol. The third-order valence-electron chi connectivity index (χ3n) is 5.88. The van der Waals surface area contributed by atoms with Gasteiger partial charge in [0.25, 0.3) is 0 Å². The summed E-state index contributed by atoms with van der Waals surface area (Å²) in [6, 6.07) is 11.2. The predicted molar refractivity (Wildman–Crippen MR) is 153 cm³/mol. The lowest BCUT2D eigenvalue weighted by Gasteiger charge is -2.28. The van der Waals surface area contributed by atoms with Crippen molar-refractivity contribution in [3.05, 3.63) is 48.4 Å².